The van der Waals surface area contributed by atoms with E-state index in [2.05, 4.69) is 15.8 Å². The Morgan fingerprint density at radius 1 is 1.15 bits per heavy atom. The summed E-state index contributed by atoms with van der Waals surface area (Å²) in [5.41, 5.74) is 7.67. The Morgan fingerprint density at radius 3 is 2.55 bits per heavy atom. The number of sulfonamides is 1. The molecule has 1 fully saturated rings. The molecule has 1 aromatic heterocycles. The van der Waals surface area contributed by atoms with E-state index in [1.54, 1.807) is 18.3 Å². The molecule has 0 spiro atoms. The van der Waals surface area contributed by atoms with E-state index in [9.17, 15) is 8.42 Å². The van der Waals surface area contributed by atoms with E-state index in [0.717, 1.165) is 33.3 Å². The van der Waals surface area contributed by atoms with Crippen LogP contribution in [0.1, 0.15) is 16.7 Å². The second-order valence-corrected chi connectivity index (χ2v) is 10.3. The fourth-order valence-electron chi connectivity index (χ4n) is 3.91. The molecule has 0 radical (unpaired) electrons. The number of para-hydroxylation sites is 1. The molecule has 10 heteroatoms. The smallest absolute Gasteiger partial charge is 0.243 e. The maximum absolute atomic E-state index is 13.1. The van der Waals surface area contributed by atoms with Crippen molar-refractivity contribution in [1.29, 1.82) is 0 Å². The number of nitrogens with zero attached hydrogens (tertiary/aromatic N) is 3. The van der Waals surface area contributed by atoms with E-state index < -0.39 is 10.0 Å². The van der Waals surface area contributed by atoms with Crippen molar-refractivity contribution in [1.82, 2.24) is 14.3 Å². The first-order chi connectivity index (χ1) is 15.8. The Hall–Kier alpha value is -2.79. The van der Waals surface area contributed by atoms with Gasteiger partial charge in [-0.25, -0.2) is 8.42 Å². The van der Waals surface area contributed by atoms with Gasteiger partial charge in [-0.05, 0) is 55.4 Å². The van der Waals surface area contributed by atoms with Gasteiger partial charge in [-0.3, -0.25) is 5.43 Å². The van der Waals surface area contributed by atoms with E-state index in [1.807, 2.05) is 55.9 Å². The van der Waals surface area contributed by atoms with Crippen molar-refractivity contribution in [3.63, 3.8) is 0 Å². The van der Waals surface area contributed by atoms with Crippen LogP contribution in [0.5, 0.6) is 0 Å². The number of anilines is 1. The zero-order chi connectivity index (χ0) is 23.6. The van der Waals surface area contributed by atoms with E-state index in [4.69, 9.17) is 17.0 Å². The van der Waals surface area contributed by atoms with Crippen molar-refractivity contribution < 1.29 is 13.2 Å². The largest absolute Gasteiger partial charge is 0.379 e. The highest BCUT2D eigenvalue weighted by atomic mass is 32.2. The summed E-state index contributed by atoms with van der Waals surface area (Å²) in [6, 6.07) is 11.2. The van der Waals surface area contributed by atoms with Crippen LogP contribution in [-0.2, 0) is 21.8 Å². The lowest BCUT2D eigenvalue weighted by Crippen LogP contribution is -2.40. The minimum absolute atomic E-state index is 0.262. The molecule has 0 saturated carbocycles. The summed E-state index contributed by atoms with van der Waals surface area (Å²) in [6.07, 6.45) is 3.55. The minimum atomic E-state index is -3.58. The summed E-state index contributed by atoms with van der Waals surface area (Å²) in [6.45, 7) is 5.56. The van der Waals surface area contributed by atoms with Gasteiger partial charge in [0.1, 0.15) is 0 Å². The van der Waals surface area contributed by atoms with Gasteiger partial charge in [0.15, 0.2) is 5.11 Å². The van der Waals surface area contributed by atoms with Gasteiger partial charge in [0.2, 0.25) is 10.0 Å². The topological polar surface area (TPSA) is 88.0 Å². The fourth-order valence-corrected chi connectivity index (χ4v) is 5.50. The molecule has 4 rings (SSSR count). The average Bonchev–Trinajstić information content (AvgIpc) is 3.12. The first-order valence-corrected chi connectivity index (χ1v) is 12.5. The Morgan fingerprint density at radius 2 is 1.85 bits per heavy atom. The van der Waals surface area contributed by atoms with Crippen molar-refractivity contribution in [2.75, 3.05) is 31.6 Å². The van der Waals surface area contributed by atoms with E-state index >= 15 is 0 Å². The number of ether oxygens (including phenoxy) is 1. The summed E-state index contributed by atoms with van der Waals surface area (Å²) >= 11 is 5.38. The SMILES string of the molecule is Cc1cccc(C)c1NC(=S)NN=Cc1cn(C)c2ccc(S(=O)(=O)N3CCOCC3)cc12. The van der Waals surface area contributed by atoms with Crippen molar-refractivity contribution in [2.45, 2.75) is 18.7 Å². The Kier molecular flexibility index (Phi) is 6.80. The molecule has 2 heterocycles. The zero-order valence-corrected chi connectivity index (χ0v) is 20.5. The van der Waals surface area contributed by atoms with E-state index in [-0.39, 0.29) is 4.90 Å². The van der Waals surface area contributed by atoms with Crippen LogP contribution in [0.25, 0.3) is 10.9 Å². The number of hydrogen-bond donors (Lipinski definition) is 2. The third-order valence-electron chi connectivity index (χ3n) is 5.69. The number of rotatable bonds is 5. The lowest BCUT2D eigenvalue weighted by atomic mass is 10.1. The first-order valence-electron chi connectivity index (χ1n) is 10.6. The van der Waals surface area contributed by atoms with Crippen LogP contribution < -0.4 is 10.7 Å². The van der Waals surface area contributed by atoms with Crippen LogP contribution in [0.4, 0.5) is 5.69 Å². The fraction of sp³-hybridized carbons (Fsp3) is 0.304. The van der Waals surface area contributed by atoms with Gasteiger partial charge in [-0.2, -0.15) is 9.41 Å². The van der Waals surface area contributed by atoms with Gasteiger partial charge >= 0.3 is 0 Å². The molecule has 0 atom stereocenters. The van der Waals surface area contributed by atoms with Gasteiger partial charge in [0.05, 0.1) is 24.3 Å². The second-order valence-electron chi connectivity index (χ2n) is 7.98. The van der Waals surface area contributed by atoms with Crippen LogP contribution in [0.2, 0.25) is 0 Å². The lowest BCUT2D eigenvalue weighted by Gasteiger charge is -2.26. The third-order valence-corrected chi connectivity index (χ3v) is 7.78. The summed E-state index contributed by atoms with van der Waals surface area (Å²) in [7, 11) is -1.67. The second kappa shape index (κ2) is 9.60. The number of nitrogens with one attached hydrogen (secondary N) is 2. The number of aryl methyl sites for hydroxylation is 3. The molecule has 174 valence electrons. The van der Waals surface area contributed by atoms with Crippen LogP contribution in [0.15, 0.2) is 52.6 Å². The van der Waals surface area contributed by atoms with Crippen LogP contribution >= 0.6 is 12.2 Å². The average molecular weight is 486 g/mol. The van der Waals surface area contributed by atoms with Gasteiger partial charge in [-0.15, -0.1) is 0 Å². The molecule has 3 aromatic rings. The van der Waals surface area contributed by atoms with Gasteiger partial charge < -0.3 is 14.6 Å². The highest BCUT2D eigenvalue weighted by molar-refractivity contribution is 7.89. The summed E-state index contributed by atoms with van der Waals surface area (Å²) in [5, 5.41) is 8.62. The molecule has 8 nitrogen and oxygen atoms in total. The minimum Gasteiger partial charge on any atom is -0.379 e. The standard InChI is InChI=1S/C23H27N5O3S2/c1-16-5-4-6-17(2)22(16)25-23(32)26-24-14-18-15-27(3)21-8-7-19(13-20(18)21)33(29,30)28-9-11-31-12-10-28/h4-8,13-15H,9-12H2,1-3H3,(H2,25,26,32). The molecular formula is C23H27N5O3S2. The molecule has 1 saturated heterocycles. The highest BCUT2D eigenvalue weighted by Gasteiger charge is 2.26. The number of fused-ring (bicyclic) bond motifs is 1. The van der Waals surface area contributed by atoms with Gasteiger partial charge in [-0.1, -0.05) is 18.2 Å². The number of morpholine rings is 1. The predicted molar refractivity (Wildman–Crippen MR) is 135 cm³/mol. The Balaban J connectivity index is 1.54. The number of thiocarbonyl (C=S) groups is 1. The van der Waals surface area contributed by atoms with Crippen molar-refractivity contribution >= 4 is 50.2 Å². The number of benzene rings is 2. The summed E-state index contributed by atoms with van der Waals surface area (Å²) < 4.78 is 34.8. The molecule has 0 amide bonds. The molecule has 1 aliphatic heterocycles. The zero-order valence-electron chi connectivity index (χ0n) is 18.8. The van der Waals surface area contributed by atoms with Crippen molar-refractivity contribution in [3.05, 3.63) is 59.3 Å². The molecule has 0 unspecified atom stereocenters. The molecular weight excluding hydrogens is 458 g/mol. The number of aromatic nitrogens is 1. The van der Waals surface area contributed by atoms with Crippen molar-refractivity contribution in [2.24, 2.45) is 12.1 Å². The van der Waals surface area contributed by atoms with Crippen molar-refractivity contribution in [3.8, 4) is 0 Å². The molecule has 2 aromatic carbocycles. The molecule has 0 bridgehead atoms. The molecule has 1 aliphatic rings. The highest BCUT2D eigenvalue weighted by Crippen LogP contribution is 2.25. The van der Waals surface area contributed by atoms with E-state index in [1.165, 1.54) is 4.31 Å². The Labute approximate surface area is 199 Å². The van der Waals surface area contributed by atoms with Crippen LogP contribution in [-0.4, -0.2) is 54.9 Å². The number of hydrogen-bond acceptors (Lipinski definition) is 5. The maximum Gasteiger partial charge on any atom is 0.243 e. The van der Waals surface area contributed by atoms with Crippen LogP contribution in [0.3, 0.4) is 0 Å². The lowest BCUT2D eigenvalue weighted by molar-refractivity contribution is 0.0730. The third kappa shape index (κ3) is 4.93. The maximum atomic E-state index is 13.1. The summed E-state index contributed by atoms with van der Waals surface area (Å²) in [4.78, 5) is 0.262. The summed E-state index contributed by atoms with van der Waals surface area (Å²) in [5.74, 6) is 0. The Bertz CT molecular complexity index is 1310. The monoisotopic (exact) mass is 485 g/mol. The van der Waals surface area contributed by atoms with Gasteiger partial charge in [0.25, 0.3) is 0 Å². The normalized spacial score (nSPS) is 15.2. The molecule has 0 aliphatic carbocycles. The van der Waals surface area contributed by atoms with Gasteiger partial charge in [0, 0.05) is 48.5 Å². The van der Waals surface area contributed by atoms with Crippen LogP contribution in [0, 0.1) is 13.8 Å². The first kappa shape index (κ1) is 23.4. The molecule has 2 N–H and O–H groups in total. The van der Waals surface area contributed by atoms with E-state index in [0.29, 0.717) is 31.4 Å². The number of hydrazone groups is 1. The quantitative estimate of drug-likeness (QED) is 0.328. The predicted octanol–water partition coefficient (Wildman–Crippen LogP) is 3.14. The molecule has 33 heavy (non-hydrogen) atoms.